The maximum atomic E-state index is 13.1. The van der Waals surface area contributed by atoms with E-state index >= 15 is 0 Å². The van der Waals surface area contributed by atoms with Crippen molar-refractivity contribution in [2.75, 3.05) is 5.75 Å². The van der Waals surface area contributed by atoms with Crippen LogP contribution < -0.4 is 5.32 Å². The van der Waals surface area contributed by atoms with Crippen LogP contribution in [0.4, 0.5) is 0 Å². The third kappa shape index (κ3) is 7.53. The lowest BCUT2D eigenvalue weighted by Crippen LogP contribution is -2.50. The first-order chi connectivity index (χ1) is 14.3. The summed E-state index contributed by atoms with van der Waals surface area (Å²) in [6.07, 6.45) is 0.827. The van der Waals surface area contributed by atoms with Gasteiger partial charge in [0.15, 0.2) is 0 Å². The Kier molecular flexibility index (Phi) is 10.0. The van der Waals surface area contributed by atoms with Crippen LogP contribution in [0.15, 0.2) is 48.5 Å². The third-order valence-electron chi connectivity index (χ3n) is 4.87. The lowest BCUT2D eigenvalue weighted by atomic mass is 10.1. The predicted octanol–water partition coefficient (Wildman–Crippen LogP) is 5.56. The molecule has 2 aromatic rings. The molecule has 1 N–H and O–H groups in total. The molecule has 2 atom stereocenters. The van der Waals surface area contributed by atoms with Gasteiger partial charge in [-0.05, 0) is 49.6 Å². The summed E-state index contributed by atoms with van der Waals surface area (Å²) < 4.78 is 0. The minimum atomic E-state index is -0.598. The molecule has 162 valence electrons. The molecule has 0 radical (unpaired) electrons. The lowest BCUT2D eigenvalue weighted by molar-refractivity contribution is -0.138. The van der Waals surface area contributed by atoms with Gasteiger partial charge in [-0.3, -0.25) is 9.59 Å². The van der Waals surface area contributed by atoms with Crippen LogP contribution in [-0.2, 0) is 21.9 Å². The van der Waals surface area contributed by atoms with Crippen LogP contribution in [0.1, 0.15) is 38.3 Å². The van der Waals surface area contributed by atoms with Crippen LogP contribution in [0, 0.1) is 0 Å². The van der Waals surface area contributed by atoms with Crippen molar-refractivity contribution < 1.29 is 9.59 Å². The van der Waals surface area contributed by atoms with E-state index in [0.29, 0.717) is 15.8 Å². The van der Waals surface area contributed by atoms with Crippen molar-refractivity contribution in [2.24, 2.45) is 0 Å². The number of hydrogen-bond donors (Lipinski definition) is 1. The molecule has 2 rings (SSSR count). The van der Waals surface area contributed by atoms with E-state index < -0.39 is 6.04 Å². The van der Waals surface area contributed by atoms with Crippen molar-refractivity contribution in [2.45, 2.75) is 51.6 Å². The third-order valence-corrected chi connectivity index (χ3v) is 6.48. The van der Waals surface area contributed by atoms with Gasteiger partial charge in [0.25, 0.3) is 0 Å². The van der Waals surface area contributed by atoms with Crippen LogP contribution >= 0.6 is 35.0 Å². The highest BCUT2D eigenvalue weighted by Gasteiger charge is 2.27. The van der Waals surface area contributed by atoms with E-state index in [-0.39, 0.29) is 30.2 Å². The van der Waals surface area contributed by atoms with E-state index in [0.717, 1.165) is 17.5 Å². The van der Waals surface area contributed by atoms with Gasteiger partial charge >= 0.3 is 0 Å². The van der Waals surface area contributed by atoms with E-state index in [4.69, 9.17) is 23.2 Å². The van der Waals surface area contributed by atoms with Crippen molar-refractivity contribution in [3.8, 4) is 0 Å². The summed E-state index contributed by atoms with van der Waals surface area (Å²) in [6, 6.07) is 14.4. The number of hydrogen-bond acceptors (Lipinski definition) is 3. The minimum Gasteiger partial charge on any atom is -0.352 e. The Morgan fingerprint density at radius 2 is 1.73 bits per heavy atom. The Balaban J connectivity index is 2.08. The number of benzene rings is 2. The SMILES string of the molecule is CC[C@@H](C)NC(=O)[C@H](C)N(Cc1ccccc1Cl)C(=O)CSCc1ccc(Cl)cc1. The summed E-state index contributed by atoms with van der Waals surface area (Å²) in [5.74, 6) is 0.706. The Morgan fingerprint density at radius 1 is 1.07 bits per heavy atom. The molecule has 7 heteroatoms. The highest BCUT2D eigenvalue weighted by atomic mass is 35.5. The normalized spacial score (nSPS) is 12.8. The predicted molar refractivity (Wildman–Crippen MR) is 127 cm³/mol. The average molecular weight is 467 g/mol. The summed E-state index contributed by atoms with van der Waals surface area (Å²) in [5.41, 5.74) is 1.91. The van der Waals surface area contributed by atoms with E-state index in [1.165, 1.54) is 11.8 Å². The van der Waals surface area contributed by atoms with Gasteiger partial charge in [0.1, 0.15) is 6.04 Å². The molecule has 0 aliphatic rings. The largest absolute Gasteiger partial charge is 0.352 e. The Morgan fingerprint density at radius 3 is 2.37 bits per heavy atom. The van der Waals surface area contributed by atoms with E-state index in [9.17, 15) is 9.59 Å². The molecule has 2 aromatic carbocycles. The van der Waals surface area contributed by atoms with Crippen molar-refractivity contribution in [3.05, 3.63) is 69.7 Å². The van der Waals surface area contributed by atoms with Gasteiger partial charge < -0.3 is 10.2 Å². The van der Waals surface area contributed by atoms with Gasteiger partial charge in [0, 0.05) is 28.4 Å². The molecule has 4 nitrogen and oxygen atoms in total. The van der Waals surface area contributed by atoms with Crippen LogP contribution in [0.25, 0.3) is 0 Å². The van der Waals surface area contributed by atoms with E-state index in [1.54, 1.807) is 17.9 Å². The average Bonchev–Trinajstić information content (AvgIpc) is 2.73. The Bertz CT molecular complexity index is 845. The van der Waals surface area contributed by atoms with Crippen LogP contribution in [0.3, 0.4) is 0 Å². The van der Waals surface area contributed by atoms with Gasteiger partial charge in [-0.15, -0.1) is 11.8 Å². The number of nitrogens with zero attached hydrogens (tertiary/aromatic N) is 1. The van der Waals surface area contributed by atoms with Crippen molar-refractivity contribution >= 4 is 46.8 Å². The molecule has 2 amide bonds. The minimum absolute atomic E-state index is 0.0523. The van der Waals surface area contributed by atoms with Crippen molar-refractivity contribution in [1.29, 1.82) is 0 Å². The second kappa shape index (κ2) is 12.2. The first-order valence-electron chi connectivity index (χ1n) is 9.97. The number of carbonyl (C=O) groups excluding carboxylic acids is 2. The van der Waals surface area contributed by atoms with Crippen molar-refractivity contribution in [3.63, 3.8) is 0 Å². The highest BCUT2D eigenvalue weighted by Crippen LogP contribution is 2.21. The van der Waals surface area contributed by atoms with Gasteiger partial charge in [-0.2, -0.15) is 0 Å². The van der Waals surface area contributed by atoms with Gasteiger partial charge in [0.2, 0.25) is 11.8 Å². The van der Waals surface area contributed by atoms with E-state index in [2.05, 4.69) is 5.32 Å². The molecule has 0 aromatic heterocycles. The summed E-state index contributed by atoms with van der Waals surface area (Å²) in [6.45, 7) is 6.01. The highest BCUT2D eigenvalue weighted by molar-refractivity contribution is 7.99. The summed E-state index contributed by atoms with van der Waals surface area (Å²) in [7, 11) is 0. The fraction of sp³-hybridized carbons (Fsp3) is 0.391. The molecule has 0 saturated carbocycles. The molecule has 0 bridgehead atoms. The summed E-state index contributed by atoms with van der Waals surface area (Å²) >= 11 is 13.7. The van der Waals surface area contributed by atoms with Gasteiger partial charge in [-0.25, -0.2) is 0 Å². The zero-order valence-electron chi connectivity index (χ0n) is 17.5. The van der Waals surface area contributed by atoms with Crippen LogP contribution in [-0.4, -0.2) is 34.6 Å². The summed E-state index contributed by atoms with van der Waals surface area (Å²) in [4.78, 5) is 27.4. The van der Waals surface area contributed by atoms with Gasteiger partial charge in [0.05, 0.1) is 5.75 Å². The second-order valence-corrected chi connectivity index (χ2v) is 9.06. The fourth-order valence-corrected chi connectivity index (χ4v) is 3.97. The lowest BCUT2D eigenvalue weighted by Gasteiger charge is -2.30. The molecule has 0 unspecified atom stereocenters. The molecule has 0 fully saturated rings. The number of nitrogens with one attached hydrogen (secondary N) is 1. The van der Waals surface area contributed by atoms with Crippen molar-refractivity contribution in [1.82, 2.24) is 10.2 Å². The molecule has 0 spiro atoms. The maximum absolute atomic E-state index is 13.1. The smallest absolute Gasteiger partial charge is 0.242 e. The quantitative estimate of drug-likeness (QED) is 0.498. The Hall–Kier alpha value is -1.69. The van der Waals surface area contributed by atoms with Crippen LogP contribution in [0.2, 0.25) is 10.0 Å². The van der Waals surface area contributed by atoms with Gasteiger partial charge in [-0.1, -0.05) is 60.5 Å². The first-order valence-corrected chi connectivity index (χ1v) is 11.9. The molecule has 0 heterocycles. The zero-order chi connectivity index (χ0) is 22.1. The number of thioether (sulfide) groups is 1. The number of rotatable bonds is 10. The molecule has 0 aliphatic heterocycles. The van der Waals surface area contributed by atoms with E-state index in [1.807, 2.05) is 56.3 Å². The molecule has 0 aliphatic carbocycles. The Labute approximate surface area is 193 Å². The number of carbonyl (C=O) groups is 2. The topological polar surface area (TPSA) is 49.4 Å². The maximum Gasteiger partial charge on any atom is 0.242 e. The molecule has 0 saturated heterocycles. The first kappa shape index (κ1) is 24.6. The molecular weight excluding hydrogens is 439 g/mol. The number of halogens is 2. The monoisotopic (exact) mass is 466 g/mol. The zero-order valence-corrected chi connectivity index (χ0v) is 19.9. The molecular formula is C23H28Cl2N2O2S. The fourth-order valence-electron chi connectivity index (χ4n) is 2.78. The van der Waals surface area contributed by atoms with Crippen LogP contribution in [0.5, 0.6) is 0 Å². The standard InChI is InChI=1S/C23H28Cl2N2O2S/c1-4-16(2)26-23(29)17(3)27(13-19-7-5-6-8-21(19)25)22(28)15-30-14-18-9-11-20(24)12-10-18/h5-12,16-17H,4,13-15H2,1-3H3,(H,26,29)/t16-,17+/m1/s1. The summed E-state index contributed by atoms with van der Waals surface area (Å²) in [5, 5.41) is 4.24. The second-order valence-electron chi connectivity index (χ2n) is 7.23. The molecule has 30 heavy (non-hydrogen) atoms. The number of amides is 2.